The Morgan fingerprint density at radius 3 is 2.44 bits per heavy atom. The van der Waals surface area contributed by atoms with Gasteiger partial charge in [-0.05, 0) is 30.8 Å². The molecule has 0 saturated heterocycles. The van der Waals surface area contributed by atoms with Gasteiger partial charge in [0.25, 0.3) is 0 Å². The third-order valence-electron chi connectivity index (χ3n) is 3.22. The Kier molecular flexibility index (Phi) is 4.96. The molecule has 0 amide bonds. The maximum Gasteiger partial charge on any atom is 0.140 e. The molecular formula is C14H23NSi. The third-order valence-corrected chi connectivity index (χ3v) is 6.37. The van der Waals surface area contributed by atoms with Crippen molar-refractivity contribution in [2.75, 3.05) is 13.1 Å². The van der Waals surface area contributed by atoms with Crippen molar-refractivity contribution >= 4 is 19.7 Å². The molecule has 0 aromatic heterocycles. The van der Waals surface area contributed by atoms with Gasteiger partial charge in [0, 0.05) is 0 Å². The second-order valence-electron chi connectivity index (χ2n) is 4.30. The van der Waals surface area contributed by atoms with Crippen LogP contribution in [-0.4, -0.2) is 26.6 Å². The number of benzene rings is 1. The van der Waals surface area contributed by atoms with Gasteiger partial charge in [-0.15, -0.1) is 0 Å². The van der Waals surface area contributed by atoms with Crippen molar-refractivity contribution < 1.29 is 0 Å². The molecule has 1 aromatic carbocycles. The summed E-state index contributed by atoms with van der Waals surface area (Å²) in [7, 11) is -0.952. The molecule has 0 N–H and O–H groups in total. The largest absolute Gasteiger partial charge is 0.323 e. The van der Waals surface area contributed by atoms with Gasteiger partial charge in [0.1, 0.15) is 8.96 Å². The Morgan fingerprint density at radius 1 is 1.31 bits per heavy atom. The molecule has 1 atom stereocenters. The molecule has 0 bridgehead atoms. The summed E-state index contributed by atoms with van der Waals surface area (Å²) in [6.07, 6.45) is 0. The van der Waals surface area contributed by atoms with Gasteiger partial charge in [0.05, 0.1) is 0 Å². The van der Waals surface area contributed by atoms with Crippen LogP contribution in [0.25, 0.3) is 5.57 Å². The Balaban J connectivity index is 2.94. The van der Waals surface area contributed by atoms with Crippen molar-refractivity contribution in [2.24, 2.45) is 0 Å². The van der Waals surface area contributed by atoms with E-state index in [0.717, 1.165) is 18.7 Å². The van der Waals surface area contributed by atoms with Gasteiger partial charge in [-0.25, -0.2) is 0 Å². The van der Waals surface area contributed by atoms with Crippen molar-refractivity contribution in [2.45, 2.75) is 27.3 Å². The lowest BCUT2D eigenvalue weighted by molar-refractivity contribution is 0.487. The topological polar surface area (TPSA) is 3.24 Å². The highest BCUT2D eigenvalue weighted by Crippen LogP contribution is 2.09. The van der Waals surface area contributed by atoms with Crippen LogP contribution in [0.3, 0.4) is 0 Å². The molecule has 0 radical (unpaired) electrons. The highest BCUT2D eigenvalue weighted by molar-refractivity contribution is 6.69. The fraction of sp³-hybridized carbons (Fsp3) is 0.429. The van der Waals surface area contributed by atoms with Gasteiger partial charge in [-0.1, -0.05) is 56.8 Å². The van der Waals surface area contributed by atoms with Gasteiger partial charge in [-0.3, -0.25) is 0 Å². The summed E-state index contributed by atoms with van der Waals surface area (Å²) in [5.41, 5.74) is 2.44. The Labute approximate surface area is 101 Å². The van der Waals surface area contributed by atoms with Gasteiger partial charge in [0.15, 0.2) is 0 Å². The first-order valence-corrected chi connectivity index (χ1v) is 8.34. The number of hydrogen-bond donors (Lipinski definition) is 0. The van der Waals surface area contributed by atoms with Gasteiger partial charge >= 0.3 is 0 Å². The summed E-state index contributed by atoms with van der Waals surface area (Å²) in [5.74, 6) is 0. The van der Waals surface area contributed by atoms with Gasteiger partial charge in [-0.2, -0.15) is 0 Å². The Bertz CT molecular complexity index is 356. The minimum absolute atomic E-state index is 0.952. The summed E-state index contributed by atoms with van der Waals surface area (Å²) < 4.78 is 2.59. The van der Waals surface area contributed by atoms with E-state index in [1.165, 1.54) is 10.8 Å². The smallest absolute Gasteiger partial charge is 0.140 e. The lowest BCUT2D eigenvalue weighted by Gasteiger charge is -2.25. The summed E-state index contributed by atoms with van der Waals surface area (Å²) >= 11 is 0. The molecule has 16 heavy (non-hydrogen) atoms. The number of hydrogen-bond acceptors (Lipinski definition) is 1. The predicted octanol–water partition coefficient (Wildman–Crippen LogP) is 2.62. The zero-order chi connectivity index (χ0) is 12.1. The fourth-order valence-electron chi connectivity index (χ4n) is 2.05. The fourth-order valence-corrected chi connectivity index (χ4v) is 4.37. The normalized spacial score (nSPS) is 12.8. The van der Waals surface area contributed by atoms with Crippen LogP contribution in [0, 0.1) is 0 Å². The van der Waals surface area contributed by atoms with Crippen molar-refractivity contribution in [3.05, 3.63) is 36.4 Å². The van der Waals surface area contributed by atoms with E-state index in [4.69, 9.17) is 0 Å². The van der Waals surface area contributed by atoms with E-state index < -0.39 is 8.96 Å². The van der Waals surface area contributed by atoms with Gasteiger partial charge < -0.3 is 4.57 Å². The standard InChI is InChI=1S/C14H23NSi/c1-6-15(7-2)16(5)14-10-8-9-13(11-14)12(3)4/h8-11,16H,3,6-7H2,1-2,4-5H3. The predicted molar refractivity (Wildman–Crippen MR) is 76.7 cm³/mol. The highest BCUT2D eigenvalue weighted by Gasteiger charge is 2.14. The molecule has 1 aromatic rings. The summed E-state index contributed by atoms with van der Waals surface area (Å²) in [5, 5.41) is 1.52. The molecule has 0 aliphatic rings. The molecule has 0 saturated carbocycles. The van der Waals surface area contributed by atoms with Crippen molar-refractivity contribution in [3.8, 4) is 0 Å². The van der Waals surface area contributed by atoms with Crippen molar-refractivity contribution in [1.29, 1.82) is 0 Å². The van der Waals surface area contributed by atoms with E-state index in [-0.39, 0.29) is 0 Å². The highest BCUT2D eigenvalue weighted by atomic mass is 28.3. The average Bonchev–Trinajstić information content (AvgIpc) is 2.30. The molecule has 0 heterocycles. The number of nitrogens with zero attached hydrogens (tertiary/aromatic N) is 1. The maximum absolute atomic E-state index is 4.01. The van der Waals surface area contributed by atoms with Crippen LogP contribution in [0.5, 0.6) is 0 Å². The van der Waals surface area contributed by atoms with E-state index in [1.807, 2.05) is 0 Å². The molecule has 1 nitrogen and oxygen atoms in total. The average molecular weight is 233 g/mol. The van der Waals surface area contributed by atoms with Crippen LogP contribution in [0.2, 0.25) is 6.55 Å². The molecule has 0 spiro atoms. The van der Waals surface area contributed by atoms with Crippen LogP contribution in [0.15, 0.2) is 30.8 Å². The monoisotopic (exact) mass is 233 g/mol. The van der Waals surface area contributed by atoms with Crippen LogP contribution in [0.1, 0.15) is 26.3 Å². The number of rotatable bonds is 5. The van der Waals surface area contributed by atoms with Crippen LogP contribution >= 0.6 is 0 Å². The van der Waals surface area contributed by atoms with E-state index >= 15 is 0 Å². The van der Waals surface area contributed by atoms with E-state index in [0.29, 0.717) is 0 Å². The van der Waals surface area contributed by atoms with Crippen LogP contribution in [0.4, 0.5) is 0 Å². The first kappa shape index (κ1) is 13.2. The Morgan fingerprint density at radius 2 is 1.94 bits per heavy atom. The molecule has 1 rings (SSSR count). The molecule has 88 valence electrons. The van der Waals surface area contributed by atoms with Crippen molar-refractivity contribution in [1.82, 2.24) is 4.57 Å². The Hall–Kier alpha value is -0.863. The summed E-state index contributed by atoms with van der Waals surface area (Å²) in [6, 6.07) is 8.89. The minimum Gasteiger partial charge on any atom is -0.323 e. The molecule has 0 fully saturated rings. The second-order valence-corrected chi connectivity index (χ2v) is 7.05. The molecule has 0 aliphatic heterocycles. The molecule has 1 unspecified atom stereocenters. The lowest BCUT2D eigenvalue weighted by atomic mass is 10.1. The summed E-state index contributed by atoms with van der Waals surface area (Å²) in [6.45, 7) is 15.3. The minimum atomic E-state index is -0.952. The second kappa shape index (κ2) is 6.02. The SMILES string of the molecule is C=C(C)c1cccc([SiH](C)N(CC)CC)c1. The van der Waals surface area contributed by atoms with Crippen LogP contribution in [-0.2, 0) is 0 Å². The van der Waals surface area contributed by atoms with E-state index in [2.05, 4.69) is 62.7 Å². The zero-order valence-electron chi connectivity index (χ0n) is 11.0. The molecular weight excluding hydrogens is 210 g/mol. The zero-order valence-corrected chi connectivity index (χ0v) is 12.1. The van der Waals surface area contributed by atoms with Gasteiger partial charge in [0.2, 0.25) is 0 Å². The molecule has 2 heteroatoms. The number of allylic oxidation sites excluding steroid dienone is 1. The maximum atomic E-state index is 4.01. The first-order valence-electron chi connectivity index (χ1n) is 6.10. The van der Waals surface area contributed by atoms with Crippen molar-refractivity contribution in [3.63, 3.8) is 0 Å². The van der Waals surface area contributed by atoms with E-state index in [9.17, 15) is 0 Å². The molecule has 0 aliphatic carbocycles. The third kappa shape index (κ3) is 3.06. The first-order chi connectivity index (χ1) is 7.60. The summed E-state index contributed by atoms with van der Waals surface area (Å²) in [4.78, 5) is 0. The van der Waals surface area contributed by atoms with Crippen LogP contribution < -0.4 is 5.19 Å². The van der Waals surface area contributed by atoms with E-state index in [1.54, 1.807) is 0 Å². The lowest BCUT2D eigenvalue weighted by Crippen LogP contribution is -2.45. The quantitative estimate of drug-likeness (QED) is 0.707.